The van der Waals surface area contributed by atoms with Crippen molar-refractivity contribution in [2.75, 3.05) is 17.1 Å². The third-order valence-electron chi connectivity index (χ3n) is 6.83. The molecule has 40 heavy (non-hydrogen) atoms. The zero-order valence-electron chi connectivity index (χ0n) is 23.8. The quantitative estimate of drug-likeness (QED) is 0.264. The molecule has 0 radical (unpaired) electrons. The normalized spacial score (nSPS) is 12.8. The second-order valence-electron chi connectivity index (χ2n) is 9.77. The number of nitrogens with zero attached hydrogens (tertiary/aromatic N) is 2. The highest BCUT2D eigenvalue weighted by atomic mass is 32.2. The molecule has 0 unspecified atom stereocenters. The molecule has 2 amide bonds. The molecule has 0 fully saturated rings. The van der Waals surface area contributed by atoms with Gasteiger partial charge in [-0.25, -0.2) is 8.42 Å². The molecule has 0 heterocycles. The molecule has 214 valence electrons. The number of benzene rings is 3. The van der Waals surface area contributed by atoms with Gasteiger partial charge in [0.05, 0.1) is 10.6 Å². The van der Waals surface area contributed by atoms with Crippen molar-refractivity contribution in [2.45, 2.75) is 69.0 Å². The van der Waals surface area contributed by atoms with Gasteiger partial charge < -0.3 is 10.2 Å². The van der Waals surface area contributed by atoms with Crippen LogP contribution in [0, 0.1) is 6.92 Å². The third-order valence-corrected chi connectivity index (χ3v) is 9.36. The van der Waals surface area contributed by atoms with E-state index in [9.17, 15) is 18.0 Å². The number of thioether (sulfide) groups is 1. The Hall–Kier alpha value is -3.30. The minimum Gasteiger partial charge on any atom is -0.352 e. The SMILES string of the molecule is CC[C@H](C(=O)N[C@@H](C)CC)N(Cc1ccccc1)C(=O)CN(c1ccc(C)cc1)S(=O)(=O)c1ccc(SC)cc1. The molecule has 0 bridgehead atoms. The highest BCUT2D eigenvalue weighted by molar-refractivity contribution is 7.98. The lowest BCUT2D eigenvalue weighted by Gasteiger charge is -2.33. The van der Waals surface area contributed by atoms with Gasteiger partial charge in [0, 0.05) is 17.5 Å². The molecule has 7 nitrogen and oxygen atoms in total. The van der Waals surface area contributed by atoms with E-state index in [1.54, 1.807) is 36.4 Å². The minimum atomic E-state index is -4.09. The molecule has 0 aliphatic heterocycles. The lowest BCUT2D eigenvalue weighted by molar-refractivity contribution is -0.140. The summed E-state index contributed by atoms with van der Waals surface area (Å²) in [6, 6.07) is 22.3. The van der Waals surface area contributed by atoms with Crippen molar-refractivity contribution in [3.63, 3.8) is 0 Å². The maximum atomic E-state index is 14.1. The average Bonchev–Trinajstić information content (AvgIpc) is 2.96. The first-order valence-electron chi connectivity index (χ1n) is 13.5. The Morgan fingerprint density at radius 1 is 0.900 bits per heavy atom. The Balaban J connectivity index is 2.04. The van der Waals surface area contributed by atoms with Crippen LogP contribution in [0.1, 0.15) is 44.7 Å². The predicted octanol–water partition coefficient (Wildman–Crippen LogP) is 5.63. The van der Waals surface area contributed by atoms with Crippen molar-refractivity contribution in [1.82, 2.24) is 10.2 Å². The van der Waals surface area contributed by atoms with Crippen LogP contribution in [0.4, 0.5) is 5.69 Å². The zero-order valence-corrected chi connectivity index (χ0v) is 25.5. The van der Waals surface area contributed by atoms with Gasteiger partial charge in [0.15, 0.2) is 0 Å². The Kier molecular flexibility index (Phi) is 11.2. The molecule has 0 aliphatic carbocycles. The van der Waals surface area contributed by atoms with E-state index in [1.807, 2.05) is 76.4 Å². The highest BCUT2D eigenvalue weighted by Crippen LogP contribution is 2.27. The van der Waals surface area contributed by atoms with Gasteiger partial charge in [-0.3, -0.25) is 13.9 Å². The molecule has 0 saturated carbocycles. The standard InChI is InChI=1S/C31H39N3O4S2/c1-6-24(4)32-31(36)29(7-2)33(21-25-11-9-8-10-12-25)30(35)22-34(26-15-13-23(3)14-16-26)40(37,38)28-19-17-27(39-5)18-20-28/h8-20,24,29H,6-7,21-22H2,1-5H3,(H,32,36)/t24-,29+/m0/s1. The summed E-state index contributed by atoms with van der Waals surface area (Å²) >= 11 is 1.52. The number of aryl methyl sites for hydroxylation is 1. The topological polar surface area (TPSA) is 86.8 Å². The Labute approximate surface area is 243 Å². The van der Waals surface area contributed by atoms with Gasteiger partial charge in [0.1, 0.15) is 12.6 Å². The molecule has 0 saturated heterocycles. The van der Waals surface area contributed by atoms with Crippen LogP contribution in [-0.2, 0) is 26.2 Å². The number of carbonyl (C=O) groups excluding carboxylic acids is 2. The molecule has 3 aromatic rings. The fourth-order valence-corrected chi connectivity index (χ4v) is 6.08. The van der Waals surface area contributed by atoms with E-state index in [1.165, 1.54) is 16.7 Å². The summed E-state index contributed by atoms with van der Waals surface area (Å²) in [6.45, 7) is 7.40. The molecule has 0 aliphatic rings. The highest BCUT2D eigenvalue weighted by Gasteiger charge is 2.34. The summed E-state index contributed by atoms with van der Waals surface area (Å²) in [7, 11) is -4.09. The van der Waals surface area contributed by atoms with Crippen LogP contribution < -0.4 is 9.62 Å². The van der Waals surface area contributed by atoms with Gasteiger partial charge in [0.2, 0.25) is 11.8 Å². The number of anilines is 1. The molecule has 1 N–H and O–H groups in total. The van der Waals surface area contributed by atoms with Crippen molar-refractivity contribution in [3.05, 3.63) is 90.0 Å². The van der Waals surface area contributed by atoms with Gasteiger partial charge in [-0.2, -0.15) is 0 Å². The van der Waals surface area contributed by atoms with Crippen molar-refractivity contribution in [1.29, 1.82) is 0 Å². The summed E-state index contributed by atoms with van der Waals surface area (Å²) in [4.78, 5) is 29.9. The molecule has 9 heteroatoms. The van der Waals surface area contributed by atoms with E-state index in [-0.39, 0.29) is 23.4 Å². The molecule has 2 atom stereocenters. The summed E-state index contributed by atoms with van der Waals surface area (Å²) in [5, 5.41) is 2.99. The van der Waals surface area contributed by atoms with Crippen molar-refractivity contribution >= 4 is 39.3 Å². The molecular weight excluding hydrogens is 542 g/mol. The van der Waals surface area contributed by atoms with E-state index in [0.717, 1.165) is 26.7 Å². The molecule has 3 aromatic carbocycles. The number of nitrogens with one attached hydrogen (secondary N) is 1. The second-order valence-corrected chi connectivity index (χ2v) is 12.5. The zero-order chi connectivity index (χ0) is 29.3. The van der Waals surface area contributed by atoms with Crippen LogP contribution in [0.25, 0.3) is 0 Å². The Morgan fingerprint density at radius 3 is 2.08 bits per heavy atom. The fraction of sp³-hybridized carbons (Fsp3) is 0.355. The monoisotopic (exact) mass is 581 g/mol. The second kappa shape index (κ2) is 14.4. The Morgan fingerprint density at radius 2 is 1.52 bits per heavy atom. The molecule has 0 aromatic heterocycles. The van der Waals surface area contributed by atoms with Gasteiger partial charge in [-0.15, -0.1) is 11.8 Å². The van der Waals surface area contributed by atoms with Crippen LogP contribution in [0.5, 0.6) is 0 Å². The average molecular weight is 582 g/mol. The number of carbonyl (C=O) groups is 2. The van der Waals surface area contributed by atoms with E-state index < -0.39 is 28.5 Å². The molecular formula is C31H39N3O4S2. The first-order chi connectivity index (χ1) is 19.1. The summed E-state index contributed by atoms with van der Waals surface area (Å²) in [6.07, 6.45) is 3.06. The van der Waals surface area contributed by atoms with Gasteiger partial charge >= 0.3 is 0 Å². The maximum absolute atomic E-state index is 14.1. The van der Waals surface area contributed by atoms with Gasteiger partial charge in [-0.05, 0) is 74.9 Å². The number of sulfonamides is 1. The number of hydrogen-bond donors (Lipinski definition) is 1. The van der Waals surface area contributed by atoms with Crippen LogP contribution in [0.15, 0.2) is 88.7 Å². The number of amides is 2. The van der Waals surface area contributed by atoms with E-state index in [0.29, 0.717) is 12.1 Å². The van der Waals surface area contributed by atoms with E-state index in [4.69, 9.17) is 0 Å². The van der Waals surface area contributed by atoms with Crippen LogP contribution in [0.2, 0.25) is 0 Å². The van der Waals surface area contributed by atoms with Crippen molar-refractivity contribution < 1.29 is 18.0 Å². The van der Waals surface area contributed by atoms with E-state index in [2.05, 4.69) is 5.32 Å². The predicted molar refractivity (Wildman–Crippen MR) is 163 cm³/mol. The van der Waals surface area contributed by atoms with Crippen LogP contribution in [0.3, 0.4) is 0 Å². The summed E-state index contributed by atoms with van der Waals surface area (Å²) < 4.78 is 29.1. The molecule has 0 spiro atoms. The first-order valence-corrected chi connectivity index (χ1v) is 16.1. The third kappa shape index (κ3) is 7.88. The smallest absolute Gasteiger partial charge is 0.264 e. The van der Waals surface area contributed by atoms with Crippen molar-refractivity contribution in [2.24, 2.45) is 0 Å². The lowest BCUT2D eigenvalue weighted by Crippen LogP contribution is -2.53. The largest absolute Gasteiger partial charge is 0.352 e. The summed E-state index contributed by atoms with van der Waals surface area (Å²) in [5.74, 6) is -0.710. The lowest BCUT2D eigenvalue weighted by atomic mass is 10.1. The van der Waals surface area contributed by atoms with Gasteiger partial charge in [0.25, 0.3) is 10.0 Å². The summed E-state index contributed by atoms with van der Waals surface area (Å²) in [5.41, 5.74) is 2.20. The maximum Gasteiger partial charge on any atom is 0.264 e. The van der Waals surface area contributed by atoms with Gasteiger partial charge in [-0.1, -0.05) is 61.9 Å². The minimum absolute atomic E-state index is 0.0519. The first kappa shape index (κ1) is 31.2. The Bertz CT molecular complexity index is 1360. The number of hydrogen-bond acceptors (Lipinski definition) is 5. The van der Waals surface area contributed by atoms with Crippen LogP contribution >= 0.6 is 11.8 Å². The molecule has 3 rings (SSSR count). The number of rotatable bonds is 13. The van der Waals surface area contributed by atoms with Crippen molar-refractivity contribution in [3.8, 4) is 0 Å². The van der Waals surface area contributed by atoms with E-state index >= 15 is 0 Å². The van der Waals surface area contributed by atoms with Crippen LogP contribution in [-0.4, -0.2) is 50.0 Å². The fourth-order valence-electron chi connectivity index (χ4n) is 4.26.